The van der Waals surface area contributed by atoms with Gasteiger partial charge >= 0.3 is 35.5 Å². The number of benzene rings is 2. The van der Waals surface area contributed by atoms with E-state index in [1.54, 1.807) is 11.1 Å². The molecule has 1 aliphatic heterocycles. The first kappa shape index (κ1) is 27.5. The summed E-state index contributed by atoms with van der Waals surface area (Å²) in [5.41, 5.74) is 6.20. The Morgan fingerprint density at radius 3 is 2.24 bits per heavy atom. The van der Waals surface area contributed by atoms with E-state index < -0.39 is 17.4 Å². The molecule has 2 atom stereocenters. The number of halogens is 1. The Balaban J connectivity index is 0.00000294. The molecular weight excluding hydrogens is 505 g/mol. The van der Waals surface area contributed by atoms with Crippen LogP contribution in [0.5, 0.6) is 0 Å². The number of fused-ring (bicyclic) bond motifs is 1. The standard InChI is InChI=1S/C31H34ClN3O2.Na.H/c32-29-26-18-23(22-12-10-21(11-13-22)20-6-2-1-3-7-20)14-16-27(26)35(30(29)31(36)37)28-17-15-25(19-33-28)34-24-8-4-5-9-24;;/h10-20,24,29-30,34H,1-9H2,(H,36,37);;. The second-order valence-electron chi connectivity index (χ2n) is 10.8. The van der Waals surface area contributed by atoms with Crippen LogP contribution >= 0.6 is 11.6 Å². The fourth-order valence-electron chi connectivity index (χ4n) is 6.43. The summed E-state index contributed by atoms with van der Waals surface area (Å²) in [7, 11) is 0. The number of hydrogen-bond acceptors (Lipinski definition) is 4. The molecule has 38 heavy (non-hydrogen) atoms. The van der Waals surface area contributed by atoms with Crippen LogP contribution in [0.4, 0.5) is 17.2 Å². The van der Waals surface area contributed by atoms with Crippen LogP contribution in [-0.4, -0.2) is 57.7 Å². The third kappa shape index (κ3) is 5.49. The monoisotopic (exact) mass is 539 g/mol. The van der Waals surface area contributed by atoms with Gasteiger partial charge in [-0.1, -0.05) is 62.4 Å². The predicted molar refractivity (Wildman–Crippen MR) is 157 cm³/mol. The molecule has 1 aromatic heterocycles. The number of carbonyl (C=O) groups is 1. The van der Waals surface area contributed by atoms with Crippen LogP contribution in [0.3, 0.4) is 0 Å². The van der Waals surface area contributed by atoms with Crippen LogP contribution in [-0.2, 0) is 4.79 Å². The number of alkyl halides is 1. The zero-order valence-corrected chi connectivity index (χ0v) is 21.8. The van der Waals surface area contributed by atoms with Crippen LogP contribution in [0.2, 0.25) is 0 Å². The Kier molecular flexibility index (Phi) is 8.69. The van der Waals surface area contributed by atoms with Crippen molar-refractivity contribution in [1.29, 1.82) is 0 Å². The summed E-state index contributed by atoms with van der Waals surface area (Å²) in [6.45, 7) is 0. The van der Waals surface area contributed by atoms with E-state index in [4.69, 9.17) is 11.6 Å². The number of carboxylic acids is 1. The van der Waals surface area contributed by atoms with Crippen LogP contribution in [0, 0.1) is 0 Å². The molecule has 3 aromatic rings. The average molecular weight is 540 g/mol. The number of carboxylic acid groups (broad SMARTS) is 1. The Bertz CT molecular complexity index is 1260. The second-order valence-corrected chi connectivity index (χ2v) is 11.3. The van der Waals surface area contributed by atoms with Gasteiger partial charge in [-0.05, 0) is 78.1 Å². The van der Waals surface area contributed by atoms with E-state index in [0.29, 0.717) is 17.8 Å². The van der Waals surface area contributed by atoms with Crippen molar-refractivity contribution in [3.05, 3.63) is 71.9 Å². The molecule has 3 aliphatic rings. The maximum atomic E-state index is 12.3. The van der Waals surface area contributed by atoms with E-state index in [1.807, 2.05) is 18.2 Å². The number of anilines is 3. The topological polar surface area (TPSA) is 65.5 Å². The summed E-state index contributed by atoms with van der Waals surface area (Å²) in [6, 6.07) is 18.5. The quantitative estimate of drug-likeness (QED) is 0.252. The van der Waals surface area contributed by atoms with Gasteiger partial charge in [0, 0.05) is 11.7 Å². The zero-order chi connectivity index (χ0) is 25.4. The number of nitrogens with zero attached hydrogens (tertiary/aromatic N) is 2. The molecular formula is C31H35ClN3NaO2. The molecule has 5 nitrogen and oxygen atoms in total. The summed E-state index contributed by atoms with van der Waals surface area (Å²) in [5, 5.41) is 13.0. The molecule has 0 amide bonds. The van der Waals surface area contributed by atoms with Crippen LogP contribution in [0.25, 0.3) is 11.1 Å². The SMILES string of the molecule is O=C(O)C1C(Cl)c2cc(-c3ccc(C4CCCCC4)cc3)ccc2N1c1ccc(NC2CCCC2)cn1.[NaH]. The minimum atomic E-state index is -0.954. The van der Waals surface area contributed by atoms with Crippen molar-refractivity contribution in [3.8, 4) is 11.1 Å². The molecule has 194 valence electrons. The zero-order valence-electron chi connectivity index (χ0n) is 21.1. The van der Waals surface area contributed by atoms with E-state index >= 15 is 0 Å². The van der Waals surface area contributed by atoms with Gasteiger partial charge in [-0.2, -0.15) is 0 Å². The number of pyridine rings is 1. The Morgan fingerprint density at radius 2 is 1.58 bits per heavy atom. The first-order chi connectivity index (χ1) is 18.1. The summed E-state index contributed by atoms with van der Waals surface area (Å²) >= 11 is 6.82. The first-order valence-corrected chi connectivity index (χ1v) is 14.1. The third-order valence-electron chi connectivity index (χ3n) is 8.43. The van der Waals surface area contributed by atoms with Gasteiger partial charge in [0.1, 0.15) is 5.82 Å². The Hall–Kier alpha value is -2.05. The van der Waals surface area contributed by atoms with Crippen molar-refractivity contribution < 1.29 is 9.90 Å². The van der Waals surface area contributed by atoms with Gasteiger partial charge in [0.25, 0.3) is 0 Å². The molecule has 2 aromatic carbocycles. The van der Waals surface area contributed by atoms with Crippen molar-refractivity contribution in [2.45, 2.75) is 81.2 Å². The van der Waals surface area contributed by atoms with Crippen molar-refractivity contribution in [3.63, 3.8) is 0 Å². The summed E-state index contributed by atoms with van der Waals surface area (Å²) in [4.78, 5) is 18.8. The van der Waals surface area contributed by atoms with Crippen molar-refractivity contribution in [2.75, 3.05) is 10.2 Å². The predicted octanol–water partition coefficient (Wildman–Crippen LogP) is 7.39. The first-order valence-electron chi connectivity index (χ1n) is 13.7. The molecule has 2 heterocycles. The Morgan fingerprint density at radius 1 is 0.895 bits per heavy atom. The fourth-order valence-corrected chi connectivity index (χ4v) is 6.83. The Labute approximate surface area is 252 Å². The molecule has 0 saturated heterocycles. The number of hydrogen-bond donors (Lipinski definition) is 2. The minimum absolute atomic E-state index is 0. The summed E-state index contributed by atoms with van der Waals surface area (Å²) < 4.78 is 0. The van der Waals surface area contributed by atoms with E-state index in [-0.39, 0.29) is 29.6 Å². The molecule has 2 aliphatic carbocycles. The number of aliphatic carboxylic acids is 1. The third-order valence-corrected chi connectivity index (χ3v) is 8.91. The van der Waals surface area contributed by atoms with E-state index in [0.717, 1.165) is 28.1 Å². The summed E-state index contributed by atoms with van der Waals surface area (Å²) in [6.07, 6.45) is 13.3. The molecule has 0 bridgehead atoms. The van der Waals surface area contributed by atoms with Crippen LogP contribution < -0.4 is 10.2 Å². The molecule has 2 unspecified atom stereocenters. The van der Waals surface area contributed by atoms with Gasteiger partial charge in [-0.3, -0.25) is 0 Å². The van der Waals surface area contributed by atoms with Crippen LogP contribution in [0.1, 0.15) is 80.2 Å². The van der Waals surface area contributed by atoms with Gasteiger partial charge in [0.05, 0.1) is 17.3 Å². The molecule has 7 heteroatoms. The van der Waals surface area contributed by atoms with Gasteiger partial charge in [0.2, 0.25) is 0 Å². The normalized spacial score (nSPS) is 21.7. The van der Waals surface area contributed by atoms with Crippen LogP contribution in [0.15, 0.2) is 60.8 Å². The van der Waals surface area contributed by atoms with Crippen molar-refractivity contribution in [2.24, 2.45) is 0 Å². The number of rotatable bonds is 6. The maximum absolute atomic E-state index is 12.3. The number of aromatic nitrogens is 1. The number of nitrogens with one attached hydrogen (secondary N) is 1. The van der Waals surface area contributed by atoms with Crippen molar-refractivity contribution >= 4 is 64.3 Å². The van der Waals surface area contributed by atoms with E-state index in [2.05, 4.69) is 46.7 Å². The molecule has 2 fully saturated rings. The molecule has 2 saturated carbocycles. The van der Waals surface area contributed by atoms with Crippen molar-refractivity contribution in [1.82, 2.24) is 4.98 Å². The molecule has 0 radical (unpaired) electrons. The van der Waals surface area contributed by atoms with Gasteiger partial charge in [0.15, 0.2) is 6.04 Å². The van der Waals surface area contributed by atoms with Gasteiger partial charge < -0.3 is 15.3 Å². The van der Waals surface area contributed by atoms with E-state index in [9.17, 15) is 9.90 Å². The van der Waals surface area contributed by atoms with Gasteiger partial charge in [-0.25, -0.2) is 9.78 Å². The molecule has 0 spiro atoms. The van der Waals surface area contributed by atoms with Gasteiger partial charge in [-0.15, -0.1) is 11.6 Å². The molecule has 6 rings (SSSR count). The summed E-state index contributed by atoms with van der Waals surface area (Å²) in [5.74, 6) is 0.315. The molecule has 2 N–H and O–H groups in total. The van der Waals surface area contributed by atoms with E-state index in [1.165, 1.54) is 63.4 Å². The average Bonchev–Trinajstić information content (AvgIpc) is 3.55. The second kappa shape index (κ2) is 12.0. The fraction of sp³-hybridized carbons (Fsp3) is 0.419.